The third-order valence-corrected chi connectivity index (χ3v) is 3.61. The molecule has 0 aromatic carbocycles. The smallest absolute Gasteiger partial charge is 0.104 e. The van der Waals surface area contributed by atoms with Gasteiger partial charge < -0.3 is 0 Å². The van der Waals surface area contributed by atoms with E-state index in [2.05, 4.69) is 27.1 Å². The fourth-order valence-corrected chi connectivity index (χ4v) is 2.38. The Kier molecular flexibility index (Phi) is 2.72. The van der Waals surface area contributed by atoms with E-state index in [-0.39, 0.29) is 0 Å². The van der Waals surface area contributed by atoms with E-state index in [0.29, 0.717) is 5.92 Å². The predicted octanol–water partition coefficient (Wildman–Crippen LogP) is 3.23. The third-order valence-electron chi connectivity index (χ3n) is 2.87. The summed E-state index contributed by atoms with van der Waals surface area (Å²) in [4.78, 5) is 0. The van der Waals surface area contributed by atoms with Gasteiger partial charge in [0.15, 0.2) is 0 Å². The molecule has 0 saturated heterocycles. The summed E-state index contributed by atoms with van der Waals surface area (Å²) in [6.45, 7) is 0. The second-order valence-corrected chi connectivity index (χ2v) is 4.66. The van der Waals surface area contributed by atoms with Crippen LogP contribution in [-0.4, -0.2) is 9.78 Å². The van der Waals surface area contributed by atoms with Crippen molar-refractivity contribution in [1.82, 2.24) is 9.78 Å². The van der Waals surface area contributed by atoms with E-state index in [9.17, 15) is 0 Å². The molecular formula is C10H15BrN2. The second-order valence-electron chi connectivity index (χ2n) is 3.85. The minimum absolute atomic E-state index is 0.714. The molecule has 0 bridgehead atoms. The molecule has 0 atom stereocenters. The van der Waals surface area contributed by atoms with Crippen LogP contribution in [0.25, 0.3) is 0 Å². The lowest BCUT2D eigenvalue weighted by Crippen LogP contribution is -2.05. The minimum atomic E-state index is 0.714. The molecule has 72 valence electrons. The fourth-order valence-electron chi connectivity index (χ4n) is 2.06. The van der Waals surface area contributed by atoms with E-state index in [1.807, 2.05) is 11.7 Å². The molecule has 0 unspecified atom stereocenters. The zero-order valence-corrected chi connectivity index (χ0v) is 9.55. The van der Waals surface area contributed by atoms with Crippen LogP contribution in [0.1, 0.15) is 43.7 Å². The van der Waals surface area contributed by atoms with Gasteiger partial charge in [-0.05, 0) is 34.8 Å². The number of nitrogens with zero attached hydrogens (tertiary/aromatic N) is 2. The maximum Gasteiger partial charge on any atom is 0.104 e. The third kappa shape index (κ3) is 1.96. The largest absolute Gasteiger partial charge is 0.261 e. The molecule has 1 aromatic heterocycles. The molecule has 0 spiro atoms. The van der Waals surface area contributed by atoms with Crippen LogP contribution in [0.5, 0.6) is 0 Å². The van der Waals surface area contributed by atoms with Gasteiger partial charge in [0.2, 0.25) is 0 Å². The molecule has 1 aliphatic carbocycles. The molecule has 3 heteroatoms. The molecule has 1 aliphatic rings. The number of aryl methyl sites for hydroxylation is 1. The van der Waals surface area contributed by atoms with Crippen molar-refractivity contribution in [2.24, 2.45) is 7.05 Å². The van der Waals surface area contributed by atoms with Gasteiger partial charge in [-0.15, -0.1) is 0 Å². The summed E-state index contributed by atoms with van der Waals surface area (Å²) in [7, 11) is 1.98. The van der Waals surface area contributed by atoms with E-state index in [4.69, 9.17) is 0 Å². The van der Waals surface area contributed by atoms with Gasteiger partial charge in [-0.2, -0.15) is 5.10 Å². The molecule has 1 saturated carbocycles. The summed E-state index contributed by atoms with van der Waals surface area (Å²) >= 11 is 3.48. The molecule has 1 fully saturated rings. The van der Waals surface area contributed by atoms with Crippen LogP contribution in [-0.2, 0) is 7.05 Å². The first kappa shape index (κ1) is 9.25. The molecule has 0 aliphatic heterocycles. The summed E-state index contributed by atoms with van der Waals surface area (Å²) in [5, 5.41) is 4.50. The molecule has 2 nitrogen and oxygen atoms in total. The Morgan fingerprint density at radius 3 is 2.62 bits per heavy atom. The van der Waals surface area contributed by atoms with Gasteiger partial charge in [-0.3, -0.25) is 4.68 Å². The molecular weight excluding hydrogens is 228 g/mol. The van der Waals surface area contributed by atoms with Gasteiger partial charge >= 0.3 is 0 Å². The number of hydrogen-bond donors (Lipinski definition) is 0. The van der Waals surface area contributed by atoms with Gasteiger partial charge in [0, 0.05) is 13.0 Å². The normalized spacial score (nSPS) is 19.2. The molecule has 0 N–H and O–H groups in total. The zero-order valence-electron chi connectivity index (χ0n) is 7.96. The van der Waals surface area contributed by atoms with Crippen molar-refractivity contribution in [3.05, 3.63) is 16.4 Å². The summed E-state index contributed by atoms with van der Waals surface area (Å²) < 4.78 is 3.00. The monoisotopic (exact) mass is 242 g/mol. The number of hydrogen-bond acceptors (Lipinski definition) is 1. The highest BCUT2D eigenvalue weighted by Gasteiger charge is 2.18. The predicted molar refractivity (Wildman–Crippen MR) is 56.7 cm³/mol. The van der Waals surface area contributed by atoms with Crippen LogP contribution >= 0.6 is 15.9 Å². The summed E-state index contributed by atoms with van der Waals surface area (Å²) in [5.74, 6) is 0.714. The Balaban J connectivity index is 2.14. The SMILES string of the molecule is Cn1nc(C2CCCCC2)cc1Br. The number of rotatable bonds is 1. The molecule has 0 radical (unpaired) electrons. The number of halogens is 1. The van der Waals surface area contributed by atoms with Crippen LogP contribution in [0.15, 0.2) is 10.7 Å². The highest BCUT2D eigenvalue weighted by Crippen LogP contribution is 2.32. The van der Waals surface area contributed by atoms with Crippen molar-refractivity contribution in [2.75, 3.05) is 0 Å². The van der Waals surface area contributed by atoms with E-state index in [1.54, 1.807) is 0 Å². The first-order valence-electron chi connectivity index (χ1n) is 4.97. The second kappa shape index (κ2) is 3.82. The first-order valence-corrected chi connectivity index (χ1v) is 5.76. The van der Waals surface area contributed by atoms with Crippen molar-refractivity contribution < 1.29 is 0 Å². The van der Waals surface area contributed by atoms with Gasteiger partial charge in [-0.25, -0.2) is 0 Å². The van der Waals surface area contributed by atoms with Crippen molar-refractivity contribution in [2.45, 2.75) is 38.0 Å². The fraction of sp³-hybridized carbons (Fsp3) is 0.700. The standard InChI is InChI=1S/C10H15BrN2/c1-13-10(11)7-9(12-13)8-5-3-2-4-6-8/h7-8H,2-6H2,1H3. The van der Waals surface area contributed by atoms with Crippen LogP contribution in [0.2, 0.25) is 0 Å². The average Bonchev–Trinajstić information content (AvgIpc) is 2.49. The van der Waals surface area contributed by atoms with E-state index in [0.717, 1.165) is 4.60 Å². The molecule has 2 rings (SSSR count). The summed E-state index contributed by atoms with van der Waals surface area (Å²) in [6.07, 6.45) is 6.80. The lowest BCUT2D eigenvalue weighted by molar-refractivity contribution is 0.433. The Hall–Kier alpha value is -0.310. The van der Waals surface area contributed by atoms with Crippen molar-refractivity contribution in [3.8, 4) is 0 Å². The van der Waals surface area contributed by atoms with Crippen molar-refractivity contribution in [3.63, 3.8) is 0 Å². The first-order chi connectivity index (χ1) is 6.27. The van der Waals surface area contributed by atoms with E-state index in [1.165, 1.54) is 37.8 Å². The Morgan fingerprint density at radius 2 is 2.08 bits per heavy atom. The minimum Gasteiger partial charge on any atom is -0.261 e. The average molecular weight is 243 g/mol. The molecule has 1 aromatic rings. The molecule has 13 heavy (non-hydrogen) atoms. The lowest BCUT2D eigenvalue weighted by atomic mass is 9.87. The highest BCUT2D eigenvalue weighted by atomic mass is 79.9. The van der Waals surface area contributed by atoms with Crippen molar-refractivity contribution in [1.29, 1.82) is 0 Å². The highest BCUT2D eigenvalue weighted by molar-refractivity contribution is 9.10. The van der Waals surface area contributed by atoms with E-state index >= 15 is 0 Å². The van der Waals surface area contributed by atoms with Crippen LogP contribution in [0.3, 0.4) is 0 Å². The molecule has 1 heterocycles. The lowest BCUT2D eigenvalue weighted by Gasteiger charge is -2.19. The van der Waals surface area contributed by atoms with Crippen LogP contribution in [0, 0.1) is 0 Å². The summed E-state index contributed by atoms with van der Waals surface area (Å²) in [5.41, 5.74) is 1.27. The van der Waals surface area contributed by atoms with Crippen LogP contribution < -0.4 is 0 Å². The van der Waals surface area contributed by atoms with Crippen LogP contribution in [0.4, 0.5) is 0 Å². The maximum atomic E-state index is 4.50. The maximum absolute atomic E-state index is 4.50. The van der Waals surface area contributed by atoms with Gasteiger partial charge in [0.1, 0.15) is 4.60 Å². The van der Waals surface area contributed by atoms with Gasteiger partial charge in [0.05, 0.1) is 5.69 Å². The van der Waals surface area contributed by atoms with Gasteiger partial charge in [0.25, 0.3) is 0 Å². The Morgan fingerprint density at radius 1 is 1.38 bits per heavy atom. The van der Waals surface area contributed by atoms with Gasteiger partial charge in [-0.1, -0.05) is 19.3 Å². The number of aromatic nitrogens is 2. The molecule has 0 amide bonds. The topological polar surface area (TPSA) is 17.8 Å². The van der Waals surface area contributed by atoms with Crippen molar-refractivity contribution >= 4 is 15.9 Å². The zero-order chi connectivity index (χ0) is 9.26. The summed E-state index contributed by atoms with van der Waals surface area (Å²) in [6, 6.07) is 2.16. The Bertz CT molecular complexity index is 268. The Labute approximate surface area is 87.5 Å². The quantitative estimate of drug-likeness (QED) is 0.740. The van der Waals surface area contributed by atoms with E-state index < -0.39 is 0 Å².